The van der Waals surface area contributed by atoms with Crippen molar-refractivity contribution in [3.05, 3.63) is 60.8 Å². The number of rotatable bonds is 65. The Bertz CT molecular complexity index is 1790. The van der Waals surface area contributed by atoms with Crippen molar-refractivity contribution in [1.29, 1.82) is 0 Å². The van der Waals surface area contributed by atoms with E-state index < -0.39 is 86.8 Å². The highest BCUT2D eigenvalue weighted by Gasteiger charge is 2.51. The lowest BCUT2D eigenvalue weighted by Gasteiger charge is -2.46. The van der Waals surface area contributed by atoms with E-state index >= 15 is 0 Å². The molecule has 2 aliphatic rings. The van der Waals surface area contributed by atoms with Crippen molar-refractivity contribution in [3.8, 4) is 0 Å². The molecule has 544 valence electrons. The molecule has 0 aromatic heterocycles. The summed E-state index contributed by atoms with van der Waals surface area (Å²) < 4.78 is 22.9. The van der Waals surface area contributed by atoms with Crippen LogP contribution in [0.25, 0.3) is 0 Å². The molecule has 14 heteroatoms. The molecule has 2 saturated heterocycles. The van der Waals surface area contributed by atoms with Gasteiger partial charge in [0.15, 0.2) is 12.6 Å². The van der Waals surface area contributed by atoms with Gasteiger partial charge in [-0.3, -0.25) is 4.79 Å². The van der Waals surface area contributed by atoms with E-state index in [2.05, 4.69) is 67.8 Å². The molecule has 2 heterocycles. The predicted octanol–water partition coefficient (Wildman–Crippen LogP) is 17.2. The van der Waals surface area contributed by atoms with Crippen molar-refractivity contribution in [2.75, 3.05) is 19.8 Å². The van der Waals surface area contributed by atoms with Gasteiger partial charge < -0.3 is 65.1 Å². The molecule has 0 spiro atoms. The summed E-state index contributed by atoms with van der Waals surface area (Å²) in [5.74, 6) is -0.244. The third-order valence-corrected chi connectivity index (χ3v) is 18.9. The smallest absolute Gasteiger partial charge is 0.220 e. The van der Waals surface area contributed by atoms with E-state index in [1.165, 1.54) is 263 Å². The fourth-order valence-corrected chi connectivity index (χ4v) is 12.7. The molecular weight excluding hydrogens is 1170 g/mol. The second kappa shape index (κ2) is 63.2. The number of hydrogen-bond donors (Lipinski definition) is 9. The van der Waals surface area contributed by atoms with Crippen LogP contribution in [0, 0.1) is 0 Å². The molecule has 93 heavy (non-hydrogen) atoms. The second-order valence-electron chi connectivity index (χ2n) is 27.5. The quantitative estimate of drug-likeness (QED) is 0.0204. The Morgan fingerprint density at radius 2 is 0.720 bits per heavy atom. The van der Waals surface area contributed by atoms with Gasteiger partial charge in [0.2, 0.25) is 5.91 Å². The summed E-state index contributed by atoms with van der Waals surface area (Å²) in [5.41, 5.74) is 0. The second-order valence-corrected chi connectivity index (χ2v) is 27.5. The summed E-state index contributed by atoms with van der Waals surface area (Å²) in [6.07, 6.45) is 68.7. The zero-order chi connectivity index (χ0) is 67.3. The van der Waals surface area contributed by atoms with E-state index in [1.807, 2.05) is 6.08 Å². The minimum absolute atomic E-state index is 0.244. The summed E-state index contributed by atoms with van der Waals surface area (Å²) in [6, 6.07) is -0.933. The molecular formula is C79H145NO13. The largest absolute Gasteiger partial charge is 0.394 e. The van der Waals surface area contributed by atoms with Gasteiger partial charge in [0, 0.05) is 6.42 Å². The van der Waals surface area contributed by atoms with Crippen LogP contribution in [-0.2, 0) is 23.7 Å². The van der Waals surface area contributed by atoms with Crippen LogP contribution in [0.15, 0.2) is 60.8 Å². The number of carbonyl (C=O) groups is 1. The zero-order valence-electron chi connectivity index (χ0n) is 59.5. The summed E-state index contributed by atoms with van der Waals surface area (Å²) >= 11 is 0. The molecule has 0 aliphatic carbocycles. The Labute approximate surface area is 568 Å². The standard InChI is InChI=1S/C79H145NO13/c1-3-5-7-9-11-13-15-17-19-21-23-25-27-28-29-30-31-32-33-34-35-36-37-38-39-40-41-43-45-47-49-51-53-55-57-59-61-63-71(84)80-67(66-90-78-76(89)74(87)77(70(65-82)92-78)93-79-75(88)73(86)72(85)69(64-81)91-79)68(83)62-60-58-56-54-52-50-48-46-44-42-26-24-22-20-18-16-14-12-10-8-6-4-2/h15,17,21,23,27-28,52,54,60,62,67-70,72-79,81-83,85-89H,3-14,16,18-20,22,24-26,29-51,53,55-59,61,63-66H2,1-2H3,(H,80,84)/b17-15-,23-21-,28-27-,54-52+,62-60+. The Kier molecular flexibility index (Phi) is 58.9. The molecule has 0 radical (unpaired) electrons. The minimum atomic E-state index is -1.79. The van der Waals surface area contributed by atoms with Gasteiger partial charge in [-0.05, 0) is 70.6 Å². The lowest BCUT2D eigenvalue weighted by Crippen LogP contribution is -2.65. The number of carbonyl (C=O) groups excluding carboxylic acids is 1. The number of amides is 1. The maximum atomic E-state index is 13.4. The molecule has 9 N–H and O–H groups in total. The van der Waals surface area contributed by atoms with Crippen LogP contribution in [0.5, 0.6) is 0 Å². The molecule has 14 nitrogen and oxygen atoms in total. The third-order valence-electron chi connectivity index (χ3n) is 18.9. The normalized spacial score (nSPS) is 22.9. The lowest BCUT2D eigenvalue weighted by molar-refractivity contribution is -0.359. The van der Waals surface area contributed by atoms with Gasteiger partial charge in [-0.15, -0.1) is 0 Å². The first-order valence-corrected chi connectivity index (χ1v) is 39.0. The SMILES string of the molecule is CCCCCCC/C=C\C/C=C\C/C=C\CCCCCCCCCCCCCCCCCCCCCCCCC(=O)NC(COC1OC(CO)C(OC2OC(CO)C(O)C(O)C2O)C(O)C1O)C(O)/C=C/CC/C=C/CCCCCCCCCCCCCCCCCC. The molecule has 2 rings (SSSR count). The Morgan fingerprint density at radius 3 is 1.13 bits per heavy atom. The number of unbranched alkanes of at least 4 members (excludes halogenated alkanes) is 44. The van der Waals surface area contributed by atoms with Crippen LogP contribution in [0.3, 0.4) is 0 Å². The van der Waals surface area contributed by atoms with Crippen molar-refractivity contribution >= 4 is 5.91 Å². The highest BCUT2D eigenvalue weighted by Crippen LogP contribution is 2.30. The maximum absolute atomic E-state index is 13.4. The number of nitrogens with one attached hydrogen (secondary N) is 1. The van der Waals surface area contributed by atoms with Gasteiger partial charge in [-0.25, -0.2) is 0 Å². The molecule has 2 aliphatic heterocycles. The van der Waals surface area contributed by atoms with E-state index in [4.69, 9.17) is 18.9 Å². The zero-order valence-corrected chi connectivity index (χ0v) is 59.5. The average molecular weight is 1320 g/mol. The van der Waals surface area contributed by atoms with E-state index in [9.17, 15) is 45.6 Å². The van der Waals surface area contributed by atoms with Crippen molar-refractivity contribution in [3.63, 3.8) is 0 Å². The number of allylic oxidation sites excluding steroid dienone is 9. The molecule has 0 saturated carbocycles. The Hall–Kier alpha value is -2.31. The maximum Gasteiger partial charge on any atom is 0.220 e. The fraction of sp³-hybridized carbons (Fsp3) is 0.861. The van der Waals surface area contributed by atoms with Gasteiger partial charge in [0.25, 0.3) is 0 Å². The minimum Gasteiger partial charge on any atom is -0.394 e. The molecule has 2 fully saturated rings. The van der Waals surface area contributed by atoms with Crippen LogP contribution in [0.4, 0.5) is 0 Å². The molecule has 0 aromatic rings. The number of aliphatic hydroxyl groups is 8. The van der Waals surface area contributed by atoms with Gasteiger partial charge in [-0.1, -0.05) is 325 Å². The van der Waals surface area contributed by atoms with Crippen LogP contribution in [0.1, 0.15) is 341 Å². The lowest BCUT2D eigenvalue weighted by atomic mass is 9.97. The third kappa shape index (κ3) is 46.6. The Balaban J connectivity index is 1.61. The molecule has 12 unspecified atom stereocenters. The average Bonchev–Trinajstić information content (AvgIpc) is 0.852. The highest BCUT2D eigenvalue weighted by atomic mass is 16.7. The fourth-order valence-electron chi connectivity index (χ4n) is 12.7. The van der Waals surface area contributed by atoms with E-state index in [0.717, 1.165) is 44.9 Å². The first-order valence-electron chi connectivity index (χ1n) is 39.0. The van der Waals surface area contributed by atoms with Gasteiger partial charge in [0.05, 0.1) is 32.0 Å². The van der Waals surface area contributed by atoms with Crippen molar-refractivity contribution in [1.82, 2.24) is 5.32 Å². The van der Waals surface area contributed by atoms with Gasteiger partial charge in [-0.2, -0.15) is 0 Å². The summed E-state index contributed by atoms with van der Waals surface area (Å²) in [5, 5.41) is 87.5. The first-order chi connectivity index (χ1) is 45.6. The predicted molar refractivity (Wildman–Crippen MR) is 383 cm³/mol. The molecule has 0 bridgehead atoms. The van der Waals surface area contributed by atoms with Crippen molar-refractivity contribution in [2.24, 2.45) is 0 Å². The monoisotopic (exact) mass is 1320 g/mol. The van der Waals surface area contributed by atoms with Crippen LogP contribution in [-0.4, -0.2) is 140 Å². The topological polar surface area (TPSA) is 228 Å². The van der Waals surface area contributed by atoms with E-state index in [1.54, 1.807) is 6.08 Å². The summed E-state index contributed by atoms with van der Waals surface area (Å²) in [6.45, 7) is 2.82. The highest BCUT2D eigenvalue weighted by molar-refractivity contribution is 5.76. The summed E-state index contributed by atoms with van der Waals surface area (Å²) in [7, 11) is 0. The van der Waals surface area contributed by atoms with Crippen molar-refractivity contribution < 1.29 is 64.6 Å². The van der Waals surface area contributed by atoms with Crippen LogP contribution in [0.2, 0.25) is 0 Å². The van der Waals surface area contributed by atoms with Crippen molar-refractivity contribution in [2.45, 2.75) is 415 Å². The van der Waals surface area contributed by atoms with E-state index in [0.29, 0.717) is 12.8 Å². The summed E-state index contributed by atoms with van der Waals surface area (Å²) in [4.78, 5) is 13.4. The molecule has 12 atom stereocenters. The first kappa shape index (κ1) is 86.8. The molecule has 0 aromatic carbocycles. The molecule has 1 amide bonds. The van der Waals surface area contributed by atoms with Gasteiger partial charge in [0.1, 0.15) is 48.8 Å². The van der Waals surface area contributed by atoms with E-state index in [-0.39, 0.29) is 18.9 Å². The van der Waals surface area contributed by atoms with Crippen LogP contribution >= 0.6 is 0 Å². The van der Waals surface area contributed by atoms with Crippen LogP contribution < -0.4 is 5.32 Å². The number of ether oxygens (including phenoxy) is 4. The van der Waals surface area contributed by atoms with Gasteiger partial charge >= 0.3 is 0 Å². The number of aliphatic hydroxyl groups excluding tert-OH is 8. The number of hydrogen-bond acceptors (Lipinski definition) is 13. The Morgan fingerprint density at radius 1 is 0.387 bits per heavy atom.